The minimum absolute atomic E-state index is 0.0228. The highest BCUT2D eigenvalue weighted by Gasteiger charge is 2.16. The van der Waals surface area contributed by atoms with E-state index in [-0.39, 0.29) is 5.91 Å². The molecule has 1 saturated heterocycles. The van der Waals surface area contributed by atoms with Gasteiger partial charge >= 0.3 is 0 Å². The minimum Gasteiger partial charge on any atom is -0.351 e. The zero-order chi connectivity index (χ0) is 18.6. The first-order valence-corrected chi connectivity index (χ1v) is 10.1. The van der Waals surface area contributed by atoms with Crippen LogP contribution in [0.15, 0.2) is 48.5 Å². The summed E-state index contributed by atoms with van der Waals surface area (Å²) >= 11 is 1.53. The average molecular weight is 375 g/mol. The molecule has 136 valence electrons. The molecule has 0 radical (unpaired) electrons. The molecule has 1 aliphatic heterocycles. The number of piperidine rings is 1. The fraction of sp³-hybridized carbons (Fsp3) is 0.273. The summed E-state index contributed by atoms with van der Waals surface area (Å²) in [6, 6.07) is 17.9. The van der Waals surface area contributed by atoms with Gasteiger partial charge < -0.3 is 10.6 Å². The average Bonchev–Trinajstić information content (AvgIpc) is 3.16. The standard InChI is InChI=1S/C22H21N3OS/c23-13-15-1-3-17(4-2-15)18-5-6-20-19(11-18)12-21(27-20)22(26)25-14-16-7-9-24-10-8-16/h1-6,11-12,16,24H,7-10,14H2,(H,25,26). The van der Waals surface area contributed by atoms with E-state index in [0.29, 0.717) is 11.5 Å². The predicted octanol–water partition coefficient (Wildman–Crippen LogP) is 4.17. The Hall–Kier alpha value is -2.68. The van der Waals surface area contributed by atoms with Gasteiger partial charge in [0, 0.05) is 11.2 Å². The van der Waals surface area contributed by atoms with E-state index in [0.717, 1.165) is 58.6 Å². The molecule has 1 aliphatic rings. The minimum atomic E-state index is 0.0228. The van der Waals surface area contributed by atoms with E-state index in [4.69, 9.17) is 5.26 Å². The molecule has 27 heavy (non-hydrogen) atoms. The summed E-state index contributed by atoms with van der Waals surface area (Å²) in [5, 5.41) is 16.5. The largest absolute Gasteiger partial charge is 0.351 e. The summed E-state index contributed by atoms with van der Waals surface area (Å²) < 4.78 is 1.11. The number of hydrogen-bond acceptors (Lipinski definition) is 4. The topological polar surface area (TPSA) is 64.9 Å². The number of nitrogens with zero attached hydrogens (tertiary/aromatic N) is 1. The first-order chi connectivity index (χ1) is 13.2. The summed E-state index contributed by atoms with van der Waals surface area (Å²) in [5.74, 6) is 0.599. The van der Waals surface area contributed by atoms with Crippen molar-refractivity contribution >= 4 is 27.3 Å². The molecule has 0 bridgehead atoms. The van der Waals surface area contributed by atoms with Crippen LogP contribution in [0.2, 0.25) is 0 Å². The van der Waals surface area contributed by atoms with E-state index < -0.39 is 0 Å². The normalized spacial score (nSPS) is 14.8. The number of amides is 1. The van der Waals surface area contributed by atoms with Crippen LogP contribution in [0.1, 0.15) is 28.1 Å². The van der Waals surface area contributed by atoms with Crippen molar-refractivity contribution in [1.29, 1.82) is 5.26 Å². The lowest BCUT2D eigenvalue weighted by Crippen LogP contribution is -2.35. The molecule has 2 heterocycles. The Balaban J connectivity index is 1.49. The quantitative estimate of drug-likeness (QED) is 0.719. The van der Waals surface area contributed by atoms with Crippen LogP contribution in [-0.2, 0) is 0 Å². The third-order valence-corrected chi connectivity index (χ3v) is 6.21. The Morgan fingerprint density at radius 3 is 2.59 bits per heavy atom. The van der Waals surface area contributed by atoms with Gasteiger partial charge in [0.2, 0.25) is 0 Å². The number of carbonyl (C=O) groups is 1. The zero-order valence-corrected chi connectivity index (χ0v) is 15.8. The van der Waals surface area contributed by atoms with E-state index >= 15 is 0 Å². The van der Waals surface area contributed by atoms with Crippen LogP contribution in [0.25, 0.3) is 21.2 Å². The van der Waals surface area contributed by atoms with Crippen LogP contribution in [0, 0.1) is 17.2 Å². The summed E-state index contributed by atoms with van der Waals surface area (Å²) in [5.41, 5.74) is 2.81. The first kappa shape index (κ1) is 17.7. The van der Waals surface area contributed by atoms with Crippen molar-refractivity contribution in [2.45, 2.75) is 12.8 Å². The maximum Gasteiger partial charge on any atom is 0.261 e. The molecule has 1 amide bonds. The summed E-state index contributed by atoms with van der Waals surface area (Å²) in [6.07, 6.45) is 2.25. The third-order valence-electron chi connectivity index (χ3n) is 5.10. The Labute approximate surface area is 162 Å². The molecule has 4 nitrogen and oxygen atoms in total. The molecule has 4 rings (SSSR count). The van der Waals surface area contributed by atoms with Gasteiger partial charge in [-0.15, -0.1) is 11.3 Å². The monoisotopic (exact) mass is 375 g/mol. The van der Waals surface area contributed by atoms with Gasteiger partial charge in [-0.05, 0) is 78.7 Å². The molecule has 0 spiro atoms. The third kappa shape index (κ3) is 4.02. The fourth-order valence-electron chi connectivity index (χ4n) is 3.48. The number of nitrogens with one attached hydrogen (secondary N) is 2. The second kappa shape index (κ2) is 7.91. The molecule has 0 unspecified atom stereocenters. The maximum absolute atomic E-state index is 12.5. The molecule has 0 atom stereocenters. The van der Waals surface area contributed by atoms with Gasteiger partial charge in [0.05, 0.1) is 16.5 Å². The molecule has 3 aromatic rings. The molecule has 1 fully saturated rings. The molecule has 0 aliphatic carbocycles. The summed E-state index contributed by atoms with van der Waals surface area (Å²) in [6.45, 7) is 2.84. The van der Waals surface area contributed by atoms with E-state index in [9.17, 15) is 4.79 Å². The first-order valence-electron chi connectivity index (χ1n) is 9.26. The van der Waals surface area contributed by atoms with Crippen LogP contribution >= 0.6 is 11.3 Å². The van der Waals surface area contributed by atoms with Gasteiger partial charge in [-0.3, -0.25) is 4.79 Å². The van der Waals surface area contributed by atoms with E-state index in [1.54, 1.807) is 0 Å². The van der Waals surface area contributed by atoms with Crippen LogP contribution in [0.4, 0.5) is 0 Å². The van der Waals surface area contributed by atoms with Gasteiger partial charge in [-0.1, -0.05) is 18.2 Å². The molecule has 2 aromatic carbocycles. The fourth-order valence-corrected chi connectivity index (χ4v) is 4.44. The van der Waals surface area contributed by atoms with Gasteiger partial charge in [-0.2, -0.15) is 5.26 Å². The van der Waals surface area contributed by atoms with Crippen molar-refractivity contribution in [1.82, 2.24) is 10.6 Å². The molecule has 5 heteroatoms. The van der Waals surface area contributed by atoms with Crippen LogP contribution in [-0.4, -0.2) is 25.5 Å². The second-order valence-corrected chi connectivity index (χ2v) is 8.04. The number of benzene rings is 2. The SMILES string of the molecule is N#Cc1ccc(-c2ccc3sc(C(=O)NCC4CCNCC4)cc3c2)cc1. The lowest BCUT2D eigenvalue weighted by Gasteiger charge is -2.22. The molecule has 2 N–H and O–H groups in total. The van der Waals surface area contributed by atoms with Crippen molar-refractivity contribution in [2.24, 2.45) is 5.92 Å². The molecule has 1 aromatic heterocycles. The number of hydrogen-bond donors (Lipinski definition) is 2. The number of carbonyl (C=O) groups excluding carboxylic acids is 1. The predicted molar refractivity (Wildman–Crippen MR) is 110 cm³/mol. The van der Waals surface area contributed by atoms with Crippen LogP contribution in [0.5, 0.6) is 0 Å². The van der Waals surface area contributed by atoms with Gasteiger partial charge in [0.1, 0.15) is 0 Å². The van der Waals surface area contributed by atoms with Crippen molar-refractivity contribution in [3.05, 3.63) is 59.0 Å². The van der Waals surface area contributed by atoms with E-state index in [1.165, 1.54) is 11.3 Å². The Morgan fingerprint density at radius 2 is 1.85 bits per heavy atom. The number of thiophene rings is 1. The molecular formula is C22H21N3OS. The van der Waals surface area contributed by atoms with Gasteiger partial charge in [-0.25, -0.2) is 0 Å². The maximum atomic E-state index is 12.5. The van der Waals surface area contributed by atoms with Crippen molar-refractivity contribution < 1.29 is 4.79 Å². The van der Waals surface area contributed by atoms with E-state index in [2.05, 4.69) is 34.9 Å². The van der Waals surface area contributed by atoms with Crippen molar-refractivity contribution in [3.8, 4) is 17.2 Å². The number of nitriles is 1. The number of rotatable bonds is 4. The highest BCUT2D eigenvalue weighted by Crippen LogP contribution is 2.30. The molecular weight excluding hydrogens is 354 g/mol. The van der Waals surface area contributed by atoms with Gasteiger partial charge in [0.15, 0.2) is 0 Å². The highest BCUT2D eigenvalue weighted by atomic mass is 32.1. The Kier molecular flexibility index (Phi) is 5.19. The Bertz CT molecular complexity index is 995. The summed E-state index contributed by atoms with van der Waals surface area (Å²) in [4.78, 5) is 13.3. The van der Waals surface area contributed by atoms with Gasteiger partial charge in [0.25, 0.3) is 5.91 Å². The highest BCUT2D eigenvalue weighted by molar-refractivity contribution is 7.20. The van der Waals surface area contributed by atoms with Crippen molar-refractivity contribution in [2.75, 3.05) is 19.6 Å². The van der Waals surface area contributed by atoms with Crippen molar-refractivity contribution in [3.63, 3.8) is 0 Å². The van der Waals surface area contributed by atoms with Crippen LogP contribution < -0.4 is 10.6 Å². The van der Waals surface area contributed by atoms with E-state index in [1.807, 2.05) is 30.3 Å². The number of fused-ring (bicyclic) bond motifs is 1. The summed E-state index contributed by atoms with van der Waals surface area (Å²) in [7, 11) is 0. The zero-order valence-electron chi connectivity index (χ0n) is 15.0. The Morgan fingerprint density at radius 1 is 1.11 bits per heavy atom. The molecule has 0 saturated carbocycles. The van der Waals surface area contributed by atoms with Crippen LogP contribution in [0.3, 0.4) is 0 Å². The lowest BCUT2D eigenvalue weighted by molar-refractivity contribution is 0.0948. The smallest absolute Gasteiger partial charge is 0.261 e. The second-order valence-electron chi connectivity index (χ2n) is 6.96. The lowest BCUT2D eigenvalue weighted by atomic mass is 9.98.